The van der Waals surface area contributed by atoms with Gasteiger partial charge in [-0.25, -0.2) is 8.42 Å². The molecule has 1 saturated heterocycles. The van der Waals surface area contributed by atoms with Crippen molar-refractivity contribution < 1.29 is 22.7 Å². The molecule has 8 nitrogen and oxygen atoms in total. The molecule has 0 radical (unpaired) electrons. The van der Waals surface area contributed by atoms with Gasteiger partial charge in [-0.15, -0.1) is 0 Å². The summed E-state index contributed by atoms with van der Waals surface area (Å²) >= 11 is 0. The second-order valence-electron chi connectivity index (χ2n) is 7.70. The van der Waals surface area contributed by atoms with Crippen molar-refractivity contribution in [2.24, 2.45) is 0 Å². The van der Waals surface area contributed by atoms with Crippen molar-refractivity contribution in [3.63, 3.8) is 0 Å². The lowest BCUT2D eigenvalue weighted by molar-refractivity contribution is -0.123. The molecule has 1 aliphatic rings. The van der Waals surface area contributed by atoms with Crippen molar-refractivity contribution in [1.82, 2.24) is 14.9 Å². The van der Waals surface area contributed by atoms with Gasteiger partial charge >= 0.3 is 0 Å². The van der Waals surface area contributed by atoms with Crippen LogP contribution >= 0.6 is 0 Å². The Balaban J connectivity index is 2.24. The van der Waals surface area contributed by atoms with Gasteiger partial charge in [0.2, 0.25) is 15.9 Å². The first kappa shape index (κ1) is 24.1. The number of nitrogens with zero attached hydrogens (tertiary/aromatic N) is 1. The van der Waals surface area contributed by atoms with Gasteiger partial charge in [-0.2, -0.15) is 4.31 Å². The second-order valence-corrected chi connectivity index (χ2v) is 9.60. The van der Waals surface area contributed by atoms with Gasteiger partial charge in [0.25, 0.3) is 5.91 Å². The Morgan fingerprint density at radius 3 is 2.30 bits per heavy atom. The third kappa shape index (κ3) is 5.95. The SMILES string of the molecule is CCC(C)NC(=O)C(C)NC(=O)c1ccc(OC)c(S(=O)(=O)N2CCCCCC2)c1. The van der Waals surface area contributed by atoms with Crippen LogP contribution in [0, 0.1) is 0 Å². The van der Waals surface area contributed by atoms with E-state index in [0.29, 0.717) is 13.1 Å². The Morgan fingerprint density at radius 2 is 1.73 bits per heavy atom. The number of nitrogens with one attached hydrogen (secondary N) is 2. The molecule has 0 aliphatic carbocycles. The molecule has 2 rings (SSSR count). The fourth-order valence-electron chi connectivity index (χ4n) is 3.26. The molecule has 2 atom stereocenters. The molecule has 1 aliphatic heterocycles. The van der Waals surface area contributed by atoms with E-state index in [1.807, 2.05) is 13.8 Å². The Morgan fingerprint density at radius 1 is 1.10 bits per heavy atom. The highest BCUT2D eigenvalue weighted by Gasteiger charge is 2.29. The Bertz CT molecular complexity index is 848. The zero-order chi connectivity index (χ0) is 22.3. The third-order valence-electron chi connectivity index (χ3n) is 5.35. The quantitative estimate of drug-likeness (QED) is 0.647. The summed E-state index contributed by atoms with van der Waals surface area (Å²) in [4.78, 5) is 24.8. The maximum atomic E-state index is 13.2. The van der Waals surface area contributed by atoms with Gasteiger partial charge < -0.3 is 15.4 Å². The van der Waals surface area contributed by atoms with E-state index in [4.69, 9.17) is 4.74 Å². The van der Waals surface area contributed by atoms with Crippen LogP contribution < -0.4 is 15.4 Å². The fourth-order valence-corrected chi connectivity index (χ4v) is 4.95. The molecule has 0 spiro atoms. The molecule has 2 amide bonds. The van der Waals surface area contributed by atoms with Gasteiger partial charge in [0.15, 0.2) is 0 Å². The van der Waals surface area contributed by atoms with E-state index < -0.39 is 22.0 Å². The second kappa shape index (κ2) is 10.8. The summed E-state index contributed by atoms with van der Waals surface area (Å²) in [5.41, 5.74) is 0.160. The molecule has 1 aromatic carbocycles. The molecule has 1 fully saturated rings. The lowest BCUT2D eigenvalue weighted by atomic mass is 10.1. The molecule has 168 valence electrons. The van der Waals surface area contributed by atoms with E-state index in [1.54, 1.807) is 6.92 Å². The number of sulfonamides is 1. The molecule has 9 heteroatoms. The Kier molecular flexibility index (Phi) is 8.66. The first-order valence-electron chi connectivity index (χ1n) is 10.5. The zero-order valence-electron chi connectivity index (χ0n) is 18.2. The molecule has 0 aromatic heterocycles. The average molecular weight is 440 g/mol. The summed E-state index contributed by atoms with van der Waals surface area (Å²) in [6.45, 7) is 6.34. The summed E-state index contributed by atoms with van der Waals surface area (Å²) in [5, 5.41) is 5.44. The first-order chi connectivity index (χ1) is 14.2. The smallest absolute Gasteiger partial charge is 0.251 e. The third-order valence-corrected chi connectivity index (χ3v) is 7.27. The zero-order valence-corrected chi connectivity index (χ0v) is 19.0. The van der Waals surface area contributed by atoms with E-state index in [1.165, 1.54) is 29.6 Å². The number of benzene rings is 1. The Hall–Kier alpha value is -2.13. The van der Waals surface area contributed by atoms with Gasteiger partial charge in [0.1, 0.15) is 16.7 Å². The highest BCUT2D eigenvalue weighted by atomic mass is 32.2. The van der Waals surface area contributed by atoms with Gasteiger partial charge in [0, 0.05) is 24.7 Å². The van der Waals surface area contributed by atoms with Gasteiger partial charge in [-0.05, 0) is 51.3 Å². The van der Waals surface area contributed by atoms with Crippen molar-refractivity contribution in [2.45, 2.75) is 69.9 Å². The molecule has 0 saturated carbocycles. The van der Waals surface area contributed by atoms with Crippen LogP contribution in [-0.2, 0) is 14.8 Å². The van der Waals surface area contributed by atoms with Crippen LogP contribution in [0.4, 0.5) is 0 Å². The number of ether oxygens (including phenoxy) is 1. The predicted molar refractivity (Wildman–Crippen MR) is 115 cm³/mol. The summed E-state index contributed by atoms with van der Waals surface area (Å²) in [6.07, 6.45) is 4.40. The van der Waals surface area contributed by atoms with E-state index >= 15 is 0 Å². The highest BCUT2D eigenvalue weighted by molar-refractivity contribution is 7.89. The first-order valence-corrected chi connectivity index (χ1v) is 11.9. The van der Waals surface area contributed by atoms with Crippen LogP contribution in [0.1, 0.15) is 63.2 Å². The van der Waals surface area contributed by atoms with E-state index in [9.17, 15) is 18.0 Å². The normalized spacial score (nSPS) is 17.5. The van der Waals surface area contributed by atoms with Crippen molar-refractivity contribution in [3.05, 3.63) is 23.8 Å². The molecular formula is C21H33N3O5S. The summed E-state index contributed by atoms with van der Waals surface area (Å²) in [7, 11) is -2.40. The molecule has 0 bridgehead atoms. The minimum absolute atomic E-state index is 0.00297. The highest BCUT2D eigenvalue weighted by Crippen LogP contribution is 2.29. The number of rotatable bonds is 8. The lowest BCUT2D eigenvalue weighted by Gasteiger charge is -2.22. The summed E-state index contributed by atoms with van der Waals surface area (Å²) in [6, 6.07) is 3.55. The fraction of sp³-hybridized carbons (Fsp3) is 0.619. The van der Waals surface area contributed by atoms with Crippen molar-refractivity contribution in [1.29, 1.82) is 0 Å². The van der Waals surface area contributed by atoms with Gasteiger partial charge in [-0.1, -0.05) is 19.8 Å². The molecule has 1 aromatic rings. The topological polar surface area (TPSA) is 105 Å². The number of hydrogen-bond acceptors (Lipinski definition) is 5. The van der Waals surface area contributed by atoms with Crippen molar-refractivity contribution in [3.8, 4) is 5.75 Å². The molecule has 30 heavy (non-hydrogen) atoms. The molecule has 2 unspecified atom stereocenters. The maximum absolute atomic E-state index is 13.2. The van der Waals surface area contributed by atoms with Crippen LogP contribution in [0.5, 0.6) is 5.75 Å². The number of hydrogen-bond donors (Lipinski definition) is 2. The van der Waals surface area contributed by atoms with E-state index in [-0.39, 0.29) is 28.2 Å². The number of carbonyl (C=O) groups is 2. The molecule has 1 heterocycles. The number of amides is 2. The largest absolute Gasteiger partial charge is 0.495 e. The van der Waals surface area contributed by atoms with Crippen LogP contribution in [-0.4, -0.2) is 56.8 Å². The monoisotopic (exact) mass is 439 g/mol. The van der Waals surface area contributed by atoms with Crippen LogP contribution in [0.15, 0.2) is 23.1 Å². The molecule has 2 N–H and O–H groups in total. The summed E-state index contributed by atoms with van der Waals surface area (Å²) in [5.74, 6) is -0.612. The molecular weight excluding hydrogens is 406 g/mol. The van der Waals surface area contributed by atoms with Crippen LogP contribution in [0.2, 0.25) is 0 Å². The van der Waals surface area contributed by atoms with Crippen LogP contribution in [0.3, 0.4) is 0 Å². The lowest BCUT2D eigenvalue weighted by Crippen LogP contribution is -2.47. The van der Waals surface area contributed by atoms with Crippen molar-refractivity contribution in [2.75, 3.05) is 20.2 Å². The number of carbonyl (C=O) groups excluding carboxylic acids is 2. The maximum Gasteiger partial charge on any atom is 0.251 e. The standard InChI is InChI=1S/C21H33N3O5S/c1-5-15(2)22-20(25)16(3)23-21(26)17-10-11-18(29-4)19(14-17)30(27,28)24-12-8-6-7-9-13-24/h10-11,14-16H,5-9,12-13H2,1-4H3,(H,22,25)(H,23,26). The Labute approximate surface area is 179 Å². The minimum Gasteiger partial charge on any atom is -0.495 e. The van der Waals surface area contributed by atoms with Crippen LogP contribution in [0.25, 0.3) is 0 Å². The number of methoxy groups -OCH3 is 1. The van der Waals surface area contributed by atoms with E-state index in [0.717, 1.165) is 32.1 Å². The van der Waals surface area contributed by atoms with Crippen molar-refractivity contribution >= 4 is 21.8 Å². The van der Waals surface area contributed by atoms with Gasteiger partial charge in [-0.3, -0.25) is 9.59 Å². The predicted octanol–water partition coefficient (Wildman–Crippen LogP) is 2.29. The van der Waals surface area contributed by atoms with Gasteiger partial charge in [0.05, 0.1) is 7.11 Å². The van der Waals surface area contributed by atoms with E-state index in [2.05, 4.69) is 10.6 Å². The summed E-state index contributed by atoms with van der Waals surface area (Å²) < 4.78 is 33.2. The minimum atomic E-state index is -3.80. The average Bonchev–Trinajstić information content (AvgIpc) is 3.03.